The van der Waals surface area contributed by atoms with Gasteiger partial charge in [0.1, 0.15) is 6.61 Å². The standard InChI is InChI=1S/C22H25NO3/c1-15-6-3-4-7-17(15)13-22(10-11-22)23-21(24)18-12-16-8-5-9-19(25-2)20(16)26-14-18/h3-9,18H,10-14H2,1-2H3,(H,23,24). The minimum Gasteiger partial charge on any atom is -0.493 e. The second-order valence-electron chi connectivity index (χ2n) is 7.53. The highest BCUT2D eigenvalue weighted by Gasteiger charge is 2.45. The summed E-state index contributed by atoms with van der Waals surface area (Å²) in [6.07, 6.45) is 3.69. The predicted octanol–water partition coefficient (Wildman–Crippen LogP) is 3.45. The molecule has 1 aliphatic carbocycles. The second kappa shape index (κ2) is 6.67. The number of carbonyl (C=O) groups is 1. The molecule has 4 nitrogen and oxygen atoms in total. The van der Waals surface area contributed by atoms with Gasteiger partial charge in [-0.3, -0.25) is 4.79 Å². The number of nitrogens with one attached hydrogen (secondary N) is 1. The molecule has 2 aliphatic rings. The van der Waals surface area contributed by atoms with Crippen LogP contribution in [0.1, 0.15) is 29.5 Å². The number of carbonyl (C=O) groups excluding carboxylic acids is 1. The van der Waals surface area contributed by atoms with Gasteiger partial charge in [0.25, 0.3) is 0 Å². The molecule has 2 aromatic carbocycles. The van der Waals surface area contributed by atoms with E-state index in [4.69, 9.17) is 9.47 Å². The Kier molecular flexibility index (Phi) is 4.35. The Morgan fingerprint density at radius 1 is 1.23 bits per heavy atom. The maximum Gasteiger partial charge on any atom is 0.227 e. The zero-order valence-electron chi connectivity index (χ0n) is 15.4. The molecule has 0 saturated heterocycles. The third-order valence-electron chi connectivity index (χ3n) is 5.58. The summed E-state index contributed by atoms with van der Waals surface area (Å²) in [5.74, 6) is 1.47. The Bertz CT molecular complexity index is 826. The molecule has 1 heterocycles. The van der Waals surface area contributed by atoms with Crippen LogP contribution in [0.25, 0.3) is 0 Å². The number of aryl methyl sites for hydroxylation is 1. The van der Waals surface area contributed by atoms with Crippen molar-refractivity contribution < 1.29 is 14.3 Å². The van der Waals surface area contributed by atoms with E-state index < -0.39 is 0 Å². The number of ether oxygens (including phenoxy) is 2. The molecule has 1 N–H and O–H groups in total. The van der Waals surface area contributed by atoms with Crippen molar-refractivity contribution in [1.82, 2.24) is 5.32 Å². The number of methoxy groups -OCH3 is 1. The third-order valence-corrected chi connectivity index (χ3v) is 5.58. The van der Waals surface area contributed by atoms with Crippen LogP contribution in [0.5, 0.6) is 11.5 Å². The fourth-order valence-electron chi connectivity index (χ4n) is 3.76. The lowest BCUT2D eigenvalue weighted by molar-refractivity contribution is -0.127. The Morgan fingerprint density at radius 3 is 2.77 bits per heavy atom. The normalized spacial score (nSPS) is 19.8. The lowest BCUT2D eigenvalue weighted by Crippen LogP contribution is -2.45. The summed E-state index contributed by atoms with van der Waals surface area (Å²) >= 11 is 0. The Labute approximate surface area is 154 Å². The first kappa shape index (κ1) is 17.0. The van der Waals surface area contributed by atoms with Crippen LogP contribution in [0.3, 0.4) is 0 Å². The van der Waals surface area contributed by atoms with Gasteiger partial charge >= 0.3 is 0 Å². The van der Waals surface area contributed by atoms with Gasteiger partial charge in [-0.25, -0.2) is 0 Å². The van der Waals surface area contributed by atoms with Gasteiger partial charge in [-0.1, -0.05) is 36.4 Å². The first-order valence-corrected chi connectivity index (χ1v) is 9.25. The molecule has 0 radical (unpaired) electrons. The molecule has 4 heteroatoms. The highest BCUT2D eigenvalue weighted by Crippen LogP contribution is 2.40. The highest BCUT2D eigenvalue weighted by molar-refractivity contribution is 5.81. The summed E-state index contributed by atoms with van der Waals surface area (Å²) in [7, 11) is 1.64. The van der Waals surface area contributed by atoms with E-state index in [0.29, 0.717) is 13.0 Å². The largest absolute Gasteiger partial charge is 0.493 e. The van der Waals surface area contributed by atoms with Crippen LogP contribution in [0.2, 0.25) is 0 Å². The molecule has 1 amide bonds. The maximum absolute atomic E-state index is 12.9. The van der Waals surface area contributed by atoms with Gasteiger partial charge in [0, 0.05) is 5.54 Å². The number of hydrogen-bond donors (Lipinski definition) is 1. The van der Waals surface area contributed by atoms with Gasteiger partial charge in [0.2, 0.25) is 5.91 Å². The van der Waals surface area contributed by atoms with Crippen molar-refractivity contribution in [2.75, 3.05) is 13.7 Å². The van der Waals surface area contributed by atoms with E-state index in [-0.39, 0.29) is 17.4 Å². The minimum atomic E-state index is -0.149. The first-order valence-electron chi connectivity index (χ1n) is 9.25. The minimum absolute atomic E-state index is 0.0716. The second-order valence-corrected chi connectivity index (χ2v) is 7.53. The summed E-state index contributed by atoms with van der Waals surface area (Å²) < 4.78 is 11.2. The molecule has 2 aromatic rings. The molecule has 26 heavy (non-hydrogen) atoms. The number of para-hydroxylation sites is 1. The maximum atomic E-state index is 12.9. The van der Waals surface area contributed by atoms with Crippen LogP contribution >= 0.6 is 0 Å². The predicted molar refractivity (Wildman–Crippen MR) is 101 cm³/mol. The van der Waals surface area contributed by atoms with Crippen molar-refractivity contribution in [3.05, 3.63) is 59.2 Å². The summed E-state index contributed by atoms with van der Waals surface area (Å²) in [4.78, 5) is 12.9. The van der Waals surface area contributed by atoms with Crippen molar-refractivity contribution in [2.24, 2.45) is 5.92 Å². The van der Waals surface area contributed by atoms with E-state index in [9.17, 15) is 4.79 Å². The lowest BCUT2D eigenvalue weighted by Gasteiger charge is -2.28. The highest BCUT2D eigenvalue weighted by atomic mass is 16.5. The molecule has 0 bridgehead atoms. The van der Waals surface area contributed by atoms with Gasteiger partial charge in [-0.2, -0.15) is 0 Å². The lowest BCUT2D eigenvalue weighted by atomic mass is 9.94. The van der Waals surface area contributed by atoms with Crippen molar-refractivity contribution in [3.63, 3.8) is 0 Å². The third kappa shape index (κ3) is 3.28. The van der Waals surface area contributed by atoms with E-state index in [1.807, 2.05) is 18.2 Å². The average Bonchev–Trinajstić information content (AvgIpc) is 3.41. The molecule has 1 fully saturated rings. The number of benzene rings is 2. The van der Waals surface area contributed by atoms with Crippen LogP contribution in [0.4, 0.5) is 0 Å². The molecule has 1 saturated carbocycles. The number of rotatable bonds is 5. The molecule has 136 valence electrons. The average molecular weight is 351 g/mol. The monoisotopic (exact) mass is 351 g/mol. The molecule has 4 rings (SSSR count). The van der Waals surface area contributed by atoms with Crippen molar-refractivity contribution in [2.45, 2.75) is 38.1 Å². The summed E-state index contributed by atoms with van der Waals surface area (Å²) in [6, 6.07) is 14.3. The Hall–Kier alpha value is -2.49. The van der Waals surface area contributed by atoms with Crippen molar-refractivity contribution in [1.29, 1.82) is 0 Å². The molecular formula is C22H25NO3. The van der Waals surface area contributed by atoms with Crippen LogP contribution in [-0.2, 0) is 17.6 Å². The fourth-order valence-corrected chi connectivity index (χ4v) is 3.76. The Balaban J connectivity index is 1.43. The van der Waals surface area contributed by atoms with E-state index in [1.54, 1.807) is 7.11 Å². The number of hydrogen-bond acceptors (Lipinski definition) is 3. The molecule has 0 spiro atoms. The van der Waals surface area contributed by atoms with Crippen LogP contribution in [0.15, 0.2) is 42.5 Å². The zero-order valence-corrected chi connectivity index (χ0v) is 15.4. The summed E-state index contributed by atoms with van der Waals surface area (Å²) in [6.45, 7) is 2.53. The number of fused-ring (bicyclic) bond motifs is 1. The molecule has 0 aromatic heterocycles. The smallest absolute Gasteiger partial charge is 0.227 e. The van der Waals surface area contributed by atoms with Gasteiger partial charge in [-0.15, -0.1) is 0 Å². The molecule has 1 unspecified atom stereocenters. The van der Waals surface area contributed by atoms with Gasteiger partial charge in [-0.05, 0) is 55.4 Å². The summed E-state index contributed by atoms with van der Waals surface area (Å²) in [5, 5.41) is 3.32. The quantitative estimate of drug-likeness (QED) is 0.898. The van der Waals surface area contributed by atoms with Crippen LogP contribution in [0, 0.1) is 12.8 Å². The number of amides is 1. The zero-order chi connectivity index (χ0) is 18.1. The molecular weight excluding hydrogens is 326 g/mol. The van der Waals surface area contributed by atoms with Crippen molar-refractivity contribution >= 4 is 5.91 Å². The van der Waals surface area contributed by atoms with Gasteiger partial charge in [0.05, 0.1) is 13.0 Å². The van der Waals surface area contributed by atoms with E-state index in [2.05, 4.69) is 36.5 Å². The molecule has 1 atom stereocenters. The molecule has 1 aliphatic heterocycles. The van der Waals surface area contributed by atoms with Crippen molar-refractivity contribution in [3.8, 4) is 11.5 Å². The van der Waals surface area contributed by atoms with Crippen LogP contribution < -0.4 is 14.8 Å². The fraction of sp³-hybridized carbons (Fsp3) is 0.409. The van der Waals surface area contributed by atoms with Gasteiger partial charge < -0.3 is 14.8 Å². The van der Waals surface area contributed by atoms with E-state index in [1.165, 1.54) is 11.1 Å². The Morgan fingerprint density at radius 2 is 2.04 bits per heavy atom. The van der Waals surface area contributed by atoms with E-state index >= 15 is 0 Å². The van der Waals surface area contributed by atoms with Crippen LogP contribution in [-0.4, -0.2) is 25.2 Å². The van der Waals surface area contributed by atoms with Gasteiger partial charge in [0.15, 0.2) is 11.5 Å². The topological polar surface area (TPSA) is 47.6 Å². The van der Waals surface area contributed by atoms with E-state index in [0.717, 1.165) is 36.3 Å². The SMILES string of the molecule is COc1cccc2c1OCC(C(=O)NC1(Cc3ccccc3C)CC1)C2. The first-order chi connectivity index (χ1) is 12.6. The summed E-state index contributed by atoms with van der Waals surface area (Å²) in [5.41, 5.74) is 3.58.